The van der Waals surface area contributed by atoms with E-state index < -0.39 is 28.2 Å². The molecule has 2 aromatic rings. The Labute approximate surface area is 168 Å². The highest BCUT2D eigenvalue weighted by Crippen LogP contribution is 2.38. The third-order valence-corrected chi connectivity index (χ3v) is 4.19. The summed E-state index contributed by atoms with van der Waals surface area (Å²) in [7, 11) is 0. The average molecular weight is 442 g/mol. The number of benzene rings is 1. The first-order chi connectivity index (χ1) is 12.3. The van der Waals surface area contributed by atoms with E-state index in [1.807, 2.05) is 13.8 Å². The molecule has 0 fully saturated rings. The minimum Gasteiger partial charge on any atom is -0.465 e. The van der Waals surface area contributed by atoms with Crippen molar-refractivity contribution in [3.63, 3.8) is 0 Å². The van der Waals surface area contributed by atoms with Gasteiger partial charge in [-0.25, -0.2) is 4.79 Å². The molecule has 1 aromatic heterocycles. The van der Waals surface area contributed by atoms with Gasteiger partial charge in [-0.2, -0.15) is 13.2 Å². The highest BCUT2D eigenvalue weighted by atomic mass is 35.6. The van der Waals surface area contributed by atoms with E-state index >= 15 is 0 Å². The van der Waals surface area contributed by atoms with Crippen LogP contribution in [-0.4, -0.2) is 26.5 Å². The first-order valence-electron chi connectivity index (χ1n) is 7.51. The molecule has 0 unspecified atom stereocenters. The number of amides is 1. The topological polar surface area (TPSA) is 53.4 Å². The fraction of sp³-hybridized carbons (Fsp3) is 0.294. The van der Waals surface area contributed by atoms with Crippen molar-refractivity contribution < 1.29 is 23.1 Å². The van der Waals surface area contributed by atoms with Crippen LogP contribution in [0.5, 0.6) is 0 Å². The van der Waals surface area contributed by atoms with Crippen molar-refractivity contribution in [3.05, 3.63) is 47.2 Å². The standard InChI is InChI=1S/C17H14Cl3F3N2O2/c1-9-3-4-11(5-10(9)2)14-13(6-12(7-24-14)17(21,22)23)25(15(26)27)8-16(18,19)20/h3-7H,8H2,1-2H3,(H,26,27). The summed E-state index contributed by atoms with van der Waals surface area (Å²) in [5.41, 5.74) is 0.861. The largest absolute Gasteiger partial charge is 0.465 e. The quantitative estimate of drug-likeness (QED) is 0.574. The molecule has 1 amide bonds. The summed E-state index contributed by atoms with van der Waals surface area (Å²) in [5, 5.41) is 9.49. The minimum absolute atomic E-state index is 0.0303. The molecular formula is C17H14Cl3F3N2O2. The molecule has 1 heterocycles. The zero-order valence-electron chi connectivity index (χ0n) is 14.1. The number of carbonyl (C=O) groups is 1. The average Bonchev–Trinajstić information content (AvgIpc) is 2.53. The van der Waals surface area contributed by atoms with Gasteiger partial charge in [0, 0.05) is 11.8 Å². The number of pyridine rings is 1. The molecule has 1 N–H and O–H groups in total. The van der Waals surface area contributed by atoms with Gasteiger partial charge in [0.1, 0.15) is 0 Å². The van der Waals surface area contributed by atoms with Crippen LogP contribution in [0.1, 0.15) is 16.7 Å². The normalized spacial score (nSPS) is 12.1. The van der Waals surface area contributed by atoms with E-state index in [9.17, 15) is 23.1 Å². The fourth-order valence-electron chi connectivity index (χ4n) is 2.36. The van der Waals surface area contributed by atoms with Gasteiger partial charge in [-0.15, -0.1) is 0 Å². The van der Waals surface area contributed by atoms with E-state index in [1.54, 1.807) is 18.2 Å². The Kier molecular flexibility index (Phi) is 6.19. The second-order valence-electron chi connectivity index (χ2n) is 5.87. The zero-order chi connectivity index (χ0) is 20.6. The Morgan fingerprint density at radius 2 is 1.78 bits per heavy atom. The summed E-state index contributed by atoms with van der Waals surface area (Å²) in [6.45, 7) is 3.01. The monoisotopic (exact) mass is 440 g/mol. The molecule has 0 aliphatic rings. The van der Waals surface area contributed by atoms with Crippen LogP contribution in [0.3, 0.4) is 0 Å². The highest BCUT2D eigenvalue weighted by molar-refractivity contribution is 6.68. The molecule has 0 aliphatic carbocycles. The summed E-state index contributed by atoms with van der Waals surface area (Å²) in [6.07, 6.45) is -5.65. The number of hydrogen-bond donors (Lipinski definition) is 1. The van der Waals surface area contributed by atoms with Crippen molar-refractivity contribution in [2.24, 2.45) is 0 Å². The Morgan fingerprint density at radius 3 is 2.26 bits per heavy atom. The maximum atomic E-state index is 13.1. The third-order valence-electron chi connectivity index (χ3n) is 3.83. The van der Waals surface area contributed by atoms with Crippen LogP contribution in [-0.2, 0) is 6.18 Å². The van der Waals surface area contributed by atoms with Crippen molar-refractivity contribution in [1.29, 1.82) is 0 Å². The zero-order valence-corrected chi connectivity index (χ0v) is 16.4. The Balaban J connectivity index is 2.72. The van der Waals surface area contributed by atoms with Crippen LogP contribution < -0.4 is 4.90 Å². The van der Waals surface area contributed by atoms with E-state index in [-0.39, 0.29) is 11.4 Å². The van der Waals surface area contributed by atoms with Crippen molar-refractivity contribution in [2.45, 2.75) is 23.8 Å². The maximum Gasteiger partial charge on any atom is 0.417 e. The minimum atomic E-state index is -4.71. The summed E-state index contributed by atoms with van der Waals surface area (Å²) < 4.78 is 37.4. The van der Waals surface area contributed by atoms with E-state index in [2.05, 4.69) is 4.98 Å². The van der Waals surface area contributed by atoms with Gasteiger partial charge in [0.2, 0.25) is 3.79 Å². The van der Waals surface area contributed by atoms with E-state index in [4.69, 9.17) is 34.8 Å². The van der Waals surface area contributed by atoms with Gasteiger partial charge in [0.15, 0.2) is 0 Å². The molecule has 0 radical (unpaired) electrons. The molecule has 146 valence electrons. The molecule has 0 aliphatic heterocycles. The summed E-state index contributed by atoms with van der Waals surface area (Å²) in [5.74, 6) is 0. The lowest BCUT2D eigenvalue weighted by Gasteiger charge is -2.26. The smallest absolute Gasteiger partial charge is 0.417 e. The lowest BCUT2D eigenvalue weighted by molar-refractivity contribution is -0.137. The number of carboxylic acid groups (broad SMARTS) is 1. The molecule has 27 heavy (non-hydrogen) atoms. The molecular weight excluding hydrogens is 428 g/mol. The van der Waals surface area contributed by atoms with Gasteiger partial charge < -0.3 is 5.11 Å². The number of anilines is 1. The van der Waals surface area contributed by atoms with Gasteiger partial charge in [0.05, 0.1) is 23.5 Å². The van der Waals surface area contributed by atoms with Gasteiger partial charge in [-0.3, -0.25) is 9.88 Å². The van der Waals surface area contributed by atoms with Gasteiger partial charge in [-0.1, -0.05) is 46.9 Å². The van der Waals surface area contributed by atoms with Crippen LogP contribution in [0.2, 0.25) is 0 Å². The summed E-state index contributed by atoms with van der Waals surface area (Å²) in [4.78, 5) is 16.1. The number of alkyl halides is 6. The van der Waals surface area contributed by atoms with Crippen LogP contribution in [0.15, 0.2) is 30.5 Å². The summed E-state index contributed by atoms with van der Waals surface area (Å²) in [6, 6.07) is 5.77. The Bertz CT molecular complexity index is 867. The number of rotatable bonds is 3. The molecule has 0 bridgehead atoms. The fourth-order valence-corrected chi connectivity index (χ4v) is 2.72. The molecule has 1 aromatic carbocycles. The van der Waals surface area contributed by atoms with Crippen LogP contribution in [0.4, 0.5) is 23.7 Å². The predicted molar refractivity (Wildman–Crippen MR) is 99.8 cm³/mol. The number of halogens is 6. The molecule has 0 saturated carbocycles. The Morgan fingerprint density at radius 1 is 1.15 bits per heavy atom. The lowest BCUT2D eigenvalue weighted by Crippen LogP contribution is -2.37. The molecule has 4 nitrogen and oxygen atoms in total. The first kappa shape index (κ1) is 21.6. The van der Waals surface area contributed by atoms with Gasteiger partial charge in [0.25, 0.3) is 0 Å². The van der Waals surface area contributed by atoms with Crippen LogP contribution in [0.25, 0.3) is 11.3 Å². The lowest BCUT2D eigenvalue weighted by atomic mass is 10.0. The van der Waals surface area contributed by atoms with Crippen molar-refractivity contribution >= 4 is 46.6 Å². The van der Waals surface area contributed by atoms with E-state index in [0.29, 0.717) is 22.7 Å². The van der Waals surface area contributed by atoms with Gasteiger partial charge >= 0.3 is 12.3 Å². The molecule has 0 spiro atoms. The molecule has 0 atom stereocenters. The van der Waals surface area contributed by atoms with Crippen molar-refractivity contribution in [1.82, 2.24) is 4.98 Å². The molecule has 0 saturated heterocycles. The Hall–Kier alpha value is -1.70. The number of hydrogen-bond acceptors (Lipinski definition) is 2. The second kappa shape index (κ2) is 7.73. The number of aromatic nitrogens is 1. The van der Waals surface area contributed by atoms with Crippen LogP contribution in [0, 0.1) is 13.8 Å². The van der Waals surface area contributed by atoms with Crippen molar-refractivity contribution in [2.75, 3.05) is 11.4 Å². The van der Waals surface area contributed by atoms with E-state index in [0.717, 1.165) is 11.1 Å². The second-order valence-corrected chi connectivity index (χ2v) is 8.39. The van der Waals surface area contributed by atoms with E-state index in [1.165, 1.54) is 0 Å². The van der Waals surface area contributed by atoms with Crippen molar-refractivity contribution in [3.8, 4) is 11.3 Å². The maximum absolute atomic E-state index is 13.1. The molecule has 2 rings (SSSR count). The molecule has 10 heteroatoms. The first-order valence-corrected chi connectivity index (χ1v) is 8.65. The highest BCUT2D eigenvalue weighted by Gasteiger charge is 2.35. The third kappa shape index (κ3) is 5.40. The van der Waals surface area contributed by atoms with Crippen LogP contribution >= 0.6 is 34.8 Å². The number of nitrogens with zero attached hydrogens (tertiary/aromatic N) is 2. The summed E-state index contributed by atoms with van der Waals surface area (Å²) >= 11 is 17.0. The van der Waals surface area contributed by atoms with Gasteiger partial charge in [-0.05, 0) is 37.1 Å². The number of aryl methyl sites for hydroxylation is 2. The predicted octanol–water partition coefficient (Wildman–Crippen LogP) is 6.24. The SMILES string of the molecule is Cc1ccc(-c2ncc(C(F)(F)F)cc2N(CC(Cl)(Cl)Cl)C(=O)O)cc1C.